The Hall–Kier alpha value is -1.79. The van der Waals surface area contributed by atoms with E-state index in [9.17, 15) is 9.59 Å². The Kier molecular flexibility index (Phi) is 10.9. The van der Waals surface area contributed by atoms with Crippen LogP contribution in [0, 0.1) is 0 Å². The van der Waals surface area contributed by atoms with Crippen LogP contribution in [0.1, 0.15) is 45.6 Å². The monoisotopic (exact) mass is 372 g/mol. The van der Waals surface area contributed by atoms with Crippen molar-refractivity contribution in [1.82, 2.24) is 5.32 Å². The van der Waals surface area contributed by atoms with Crippen LogP contribution in [0.15, 0.2) is 30.3 Å². The van der Waals surface area contributed by atoms with E-state index in [1.165, 1.54) is 0 Å². The SMILES string of the molecule is CC(C)(C)OC(=O)C(CCCCN)NC(=O)OCc1ccccc1.Cl. The minimum absolute atomic E-state index is 0. The number of alkyl carbamates (subject to hydrolysis) is 1. The van der Waals surface area contributed by atoms with Gasteiger partial charge in [0.1, 0.15) is 18.2 Å². The Labute approximate surface area is 155 Å². The van der Waals surface area contributed by atoms with Gasteiger partial charge in [-0.1, -0.05) is 30.3 Å². The predicted octanol–water partition coefficient (Wildman–Crippen LogP) is 3.17. The highest BCUT2D eigenvalue weighted by atomic mass is 35.5. The van der Waals surface area contributed by atoms with Crippen molar-refractivity contribution in [3.8, 4) is 0 Å². The van der Waals surface area contributed by atoms with E-state index >= 15 is 0 Å². The summed E-state index contributed by atoms with van der Waals surface area (Å²) in [5, 5.41) is 2.59. The van der Waals surface area contributed by atoms with Crippen LogP contribution in [-0.4, -0.2) is 30.3 Å². The molecule has 7 heteroatoms. The molecule has 1 unspecified atom stereocenters. The van der Waals surface area contributed by atoms with Crippen LogP contribution in [0.5, 0.6) is 0 Å². The van der Waals surface area contributed by atoms with Crippen molar-refractivity contribution in [3.05, 3.63) is 35.9 Å². The van der Waals surface area contributed by atoms with E-state index in [0.29, 0.717) is 13.0 Å². The Morgan fingerprint density at radius 1 is 1.16 bits per heavy atom. The first-order valence-electron chi connectivity index (χ1n) is 8.22. The molecule has 0 saturated carbocycles. The van der Waals surface area contributed by atoms with Crippen LogP contribution in [0.25, 0.3) is 0 Å². The number of benzene rings is 1. The third kappa shape index (κ3) is 10.6. The Bertz CT molecular complexity index is 518. The molecule has 3 N–H and O–H groups in total. The third-order valence-electron chi connectivity index (χ3n) is 3.14. The van der Waals surface area contributed by atoms with Gasteiger partial charge in [-0.2, -0.15) is 0 Å². The zero-order chi connectivity index (χ0) is 18.0. The minimum Gasteiger partial charge on any atom is -0.458 e. The molecule has 0 bridgehead atoms. The molecule has 25 heavy (non-hydrogen) atoms. The maximum Gasteiger partial charge on any atom is 0.408 e. The standard InChI is InChI=1S/C18H28N2O4.ClH/c1-18(2,3)24-16(21)15(11-7-8-12-19)20-17(22)23-13-14-9-5-4-6-10-14;/h4-6,9-10,15H,7-8,11-13,19H2,1-3H3,(H,20,22);1H. The van der Waals surface area contributed by atoms with E-state index < -0.39 is 23.7 Å². The summed E-state index contributed by atoms with van der Waals surface area (Å²) in [6.45, 7) is 6.05. The van der Waals surface area contributed by atoms with Crippen molar-refractivity contribution in [2.45, 2.75) is 58.3 Å². The van der Waals surface area contributed by atoms with Crippen molar-refractivity contribution in [2.24, 2.45) is 5.73 Å². The zero-order valence-electron chi connectivity index (χ0n) is 15.1. The number of hydrogen-bond acceptors (Lipinski definition) is 5. The lowest BCUT2D eigenvalue weighted by Crippen LogP contribution is -2.44. The van der Waals surface area contributed by atoms with Gasteiger partial charge < -0.3 is 20.5 Å². The lowest BCUT2D eigenvalue weighted by Gasteiger charge is -2.24. The van der Waals surface area contributed by atoms with Gasteiger partial charge in [-0.15, -0.1) is 12.4 Å². The Morgan fingerprint density at radius 3 is 2.36 bits per heavy atom. The number of amides is 1. The second-order valence-corrected chi connectivity index (χ2v) is 6.58. The van der Waals surface area contributed by atoms with Crippen LogP contribution < -0.4 is 11.1 Å². The Balaban J connectivity index is 0.00000576. The first kappa shape index (κ1) is 23.2. The van der Waals surface area contributed by atoms with E-state index in [0.717, 1.165) is 18.4 Å². The molecule has 1 amide bonds. The summed E-state index contributed by atoms with van der Waals surface area (Å²) in [4.78, 5) is 24.2. The first-order valence-corrected chi connectivity index (χ1v) is 8.22. The molecule has 142 valence electrons. The van der Waals surface area contributed by atoms with Crippen LogP contribution in [0.3, 0.4) is 0 Å². The van der Waals surface area contributed by atoms with Gasteiger partial charge in [0.25, 0.3) is 0 Å². The molecule has 1 aromatic carbocycles. The summed E-state index contributed by atoms with van der Waals surface area (Å²) in [6.07, 6.45) is 1.33. The average molecular weight is 373 g/mol. The van der Waals surface area contributed by atoms with Crippen molar-refractivity contribution < 1.29 is 19.1 Å². The molecule has 6 nitrogen and oxygen atoms in total. The number of ether oxygens (including phenoxy) is 2. The molecule has 0 fully saturated rings. The zero-order valence-corrected chi connectivity index (χ0v) is 15.9. The fraction of sp³-hybridized carbons (Fsp3) is 0.556. The lowest BCUT2D eigenvalue weighted by molar-refractivity contribution is -0.157. The van der Waals surface area contributed by atoms with E-state index in [1.807, 2.05) is 30.3 Å². The molecule has 0 aliphatic rings. The van der Waals surface area contributed by atoms with Gasteiger partial charge >= 0.3 is 12.1 Å². The number of carbonyl (C=O) groups is 2. The summed E-state index contributed by atoms with van der Waals surface area (Å²) in [5.41, 5.74) is 5.74. The molecule has 1 atom stereocenters. The van der Waals surface area contributed by atoms with Crippen molar-refractivity contribution in [1.29, 1.82) is 0 Å². The summed E-state index contributed by atoms with van der Waals surface area (Å²) in [7, 11) is 0. The first-order chi connectivity index (χ1) is 11.3. The fourth-order valence-corrected chi connectivity index (χ4v) is 2.02. The minimum atomic E-state index is -0.737. The van der Waals surface area contributed by atoms with Gasteiger partial charge in [0.05, 0.1) is 0 Å². The molecule has 1 rings (SSSR count). The van der Waals surface area contributed by atoms with E-state index in [1.54, 1.807) is 20.8 Å². The number of nitrogens with one attached hydrogen (secondary N) is 1. The quantitative estimate of drug-likeness (QED) is 0.540. The largest absolute Gasteiger partial charge is 0.458 e. The lowest BCUT2D eigenvalue weighted by atomic mass is 10.1. The molecule has 0 aromatic heterocycles. The number of rotatable bonds is 8. The third-order valence-corrected chi connectivity index (χ3v) is 3.14. The molecule has 0 heterocycles. The van der Waals surface area contributed by atoms with Crippen molar-refractivity contribution in [2.75, 3.05) is 6.54 Å². The Morgan fingerprint density at radius 2 is 1.80 bits per heavy atom. The number of unbranched alkanes of at least 4 members (excludes halogenated alkanes) is 1. The molecular formula is C18H29ClN2O4. The number of esters is 1. The average Bonchev–Trinajstić information content (AvgIpc) is 2.51. The topological polar surface area (TPSA) is 90.6 Å². The van der Waals surface area contributed by atoms with Gasteiger partial charge in [0, 0.05) is 0 Å². The van der Waals surface area contributed by atoms with E-state index in [4.69, 9.17) is 15.2 Å². The van der Waals surface area contributed by atoms with Gasteiger partial charge in [-0.05, 0) is 52.1 Å². The summed E-state index contributed by atoms with van der Waals surface area (Å²) < 4.78 is 10.5. The van der Waals surface area contributed by atoms with Gasteiger partial charge in [-0.3, -0.25) is 0 Å². The highest BCUT2D eigenvalue weighted by molar-refractivity contribution is 5.85. The van der Waals surface area contributed by atoms with Gasteiger partial charge in [0.2, 0.25) is 0 Å². The molecule has 0 saturated heterocycles. The van der Waals surface area contributed by atoms with Crippen molar-refractivity contribution >= 4 is 24.5 Å². The van der Waals surface area contributed by atoms with Crippen LogP contribution >= 0.6 is 12.4 Å². The summed E-state index contributed by atoms with van der Waals surface area (Å²) in [6, 6.07) is 8.61. The molecule has 1 aromatic rings. The molecular weight excluding hydrogens is 344 g/mol. The number of nitrogens with two attached hydrogens (primary N) is 1. The fourth-order valence-electron chi connectivity index (χ4n) is 2.02. The molecule has 0 aliphatic carbocycles. The summed E-state index contributed by atoms with van der Waals surface area (Å²) in [5.74, 6) is -0.462. The molecule has 0 spiro atoms. The van der Waals surface area contributed by atoms with Gasteiger partial charge in [-0.25, -0.2) is 9.59 Å². The predicted molar refractivity (Wildman–Crippen MR) is 99.5 cm³/mol. The van der Waals surface area contributed by atoms with Gasteiger partial charge in [0.15, 0.2) is 0 Å². The van der Waals surface area contributed by atoms with Crippen LogP contribution in [0.2, 0.25) is 0 Å². The normalized spacial score (nSPS) is 11.8. The van der Waals surface area contributed by atoms with Crippen molar-refractivity contribution in [3.63, 3.8) is 0 Å². The number of hydrogen-bond donors (Lipinski definition) is 2. The number of halogens is 1. The maximum atomic E-state index is 12.2. The van der Waals surface area contributed by atoms with Crippen LogP contribution in [-0.2, 0) is 20.9 Å². The second kappa shape index (κ2) is 11.7. The highest BCUT2D eigenvalue weighted by Crippen LogP contribution is 2.12. The number of carbonyl (C=O) groups excluding carboxylic acids is 2. The molecule has 0 radical (unpaired) electrons. The van der Waals surface area contributed by atoms with E-state index in [-0.39, 0.29) is 19.0 Å². The second-order valence-electron chi connectivity index (χ2n) is 6.58. The van der Waals surface area contributed by atoms with Crippen LogP contribution in [0.4, 0.5) is 4.79 Å². The summed E-state index contributed by atoms with van der Waals surface area (Å²) >= 11 is 0. The smallest absolute Gasteiger partial charge is 0.408 e. The van der Waals surface area contributed by atoms with E-state index in [2.05, 4.69) is 5.32 Å². The highest BCUT2D eigenvalue weighted by Gasteiger charge is 2.26. The maximum absolute atomic E-state index is 12.2. The molecule has 0 aliphatic heterocycles.